The van der Waals surface area contributed by atoms with Gasteiger partial charge in [0.25, 0.3) is 0 Å². The summed E-state index contributed by atoms with van der Waals surface area (Å²) in [5.74, 6) is -0.826. The summed E-state index contributed by atoms with van der Waals surface area (Å²) in [6, 6.07) is 15.9. The van der Waals surface area contributed by atoms with Crippen LogP contribution in [0.2, 0.25) is 0 Å². The van der Waals surface area contributed by atoms with Crippen molar-refractivity contribution in [2.24, 2.45) is 0 Å². The maximum atomic E-state index is 10.8. The number of aliphatic carboxylic acids is 1. The lowest BCUT2D eigenvalue weighted by molar-refractivity contribution is -0.136. The average molecular weight is 396 g/mol. The molecule has 0 saturated heterocycles. The molecule has 28 heavy (non-hydrogen) atoms. The van der Waals surface area contributed by atoms with E-state index in [0.29, 0.717) is 0 Å². The van der Waals surface area contributed by atoms with Crippen molar-refractivity contribution in [1.29, 1.82) is 0 Å². The van der Waals surface area contributed by atoms with Crippen molar-refractivity contribution in [3.05, 3.63) is 59.5 Å². The first-order valence-electron chi connectivity index (χ1n) is 9.47. The molecule has 5 nitrogen and oxygen atoms in total. The number of nitrogens with one attached hydrogen (secondary N) is 1. The second-order valence-electron chi connectivity index (χ2n) is 6.56. The maximum Gasteiger partial charge on any atom is 0.307 e. The summed E-state index contributed by atoms with van der Waals surface area (Å²) in [4.78, 5) is 17.8. The van der Waals surface area contributed by atoms with Crippen molar-refractivity contribution in [1.82, 2.24) is 4.98 Å². The predicted octanol–water partition coefficient (Wildman–Crippen LogP) is 5.42. The van der Waals surface area contributed by atoms with Gasteiger partial charge >= 0.3 is 5.97 Å². The van der Waals surface area contributed by atoms with Crippen molar-refractivity contribution in [2.75, 3.05) is 23.3 Å². The van der Waals surface area contributed by atoms with Gasteiger partial charge in [0, 0.05) is 35.4 Å². The Hall–Kier alpha value is -2.86. The zero-order chi connectivity index (χ0) is 19.9. The average Bonchev–Trinajstić information content (AvgIpc) is 3.16. The molecule has 1 aromatic heterocycles. The zero-order valence-electron chi connectivity index (χ0n) is 16.2. The Balaban J connectivity index is 1.67. The number of carboxylic acid groups (broad SMARTS) is 1. The van der Waals surface area contributed by atoms with E-state index in [-0.39, 0.29) is 6.42 Å². The lowest BCUT2D eigenvalue weighted by Gasteiger charge is -2.22. The normalized spacial score (nSPS) is 10.6. The number of carbonyl (C=O) groups is 1. The fourth-order valence-corrected chi connectivity index (χ4v) is 3.79. The fraction of sp³-hybridized carbons (Fsp3) is 0.273. The van der Waals surface area contributed by atoms with Crippen LogP contribution in [0.15, 0.2) is 53.9 Å². The predicted molar refractivity (Wildman–Crippen MR) is 117 cm³/mol. The second kappa shape index (κ2) is 9.37. The van der Waals surface area contributed by atoms with Crippen LogP contribution in [0, 0.1) is 0 Å². The summed E-state index contributed by atoms with van der Waals surface area (Å²) >= 11 is 1.55. The second-order valence-corrected chi connectivity index (χ2v) is 7.41. The first kappa shape index (κ1) is 19.9. The molecule has 0 fully saturated rings. The molecule has 0 radical (unpaired) electrons. The maximum absolute atomic E-state index is 10.8. The van der Waals surface area contributed by atoms with E-state index in [1.165, 1.54) is 5.69 Å². The molecule has 2 N–H and O–H groups in total. The number of nitrogens with zero attached hydrogens (tertiary/aromatic N) is 2. The molecule has 0 unspecified atom stereocenters. The van der Waals surface area contributed by atoms with Gasteiger partial charge in [0.15, 0.2) is 5.13 Å². The van der Waals surface area contributed by atoms with Crippen molar-refractivity contribution in [3.8, 4) is 11.3 Å². The molecule has 0 aliphatic carbocycles. The van der Waals surface area contributed by atoms with Gasteiger partial charge in [-0.2, -0.15) is 0 Å². The Labute approximate surface area is 169 Å². The molecule has 0 aliphatic heterocycles. The van der Waals surface area contributed by atoms with Crippen LogP contribution >= 0.6 is 11.3 Å². The van der Waals surface area contributed by atoms with E-state index in [1.54, 1.807) is 11.3 Å². The molecule has 0 saturated carbocycles. The van der Waals surface area contributed by atoms with E-state index < -0.39 is 5.97 Å². The molecule has 2 aromatic carbocycles. The zero-order valence-corrected chi connectivity index (χ0v) is 17.0. The Morgan fingerprint density at radius 3 is 2.43 bits per heavy atom. The molecule has 146 valence electrons. The van der Waals surface area contributed by atoms with Crippen LogP contribution in [0.3, 0.4) is 0 Å². The Morgan fingerprint density at radius 2 is 1.82 bits per heavy atom. The molecule has 3 rings (SSSR count). The van der Waals surface area contributed by atoms with Crippen molar-refractivity contribution < 1.29 is 9.90 Å². The van der Waals surface area contributed by atoms with Gasteiger partial charge in [-0.15, -0.1) is 11.3 Å². The minimum Gasteiger partial charge on any atom is -0.481 e. The van der Waals surface area contributed by atoms with Crippen LogP contribution in [0.4, 0.5) is 16.5 Å². The molecule has 3 aromatic rings. The third-order valence-corrected chi connectivity index (χ3v) is 5.23. The molecular formula is C22H25N3O2S. The van der Waals surface area contributed by atoms with Gasteiger partial charge in [0.05, 0.1) is 12.1 Å². The van der Waals surface area contributed by atoms with Gasteiger partial charge in [0.2, 0.25) is 0 Å². The third-order valence-electron chi connectivity index (χ3n) is 4.47. The smallest absolute Gasteiger partial charge is 0.307 e. The minimum absolute atomic E-state index is 0.0331. The van der Waals surface area contributed by atoms with E-state index in [2.05, 4.69) is 53.3 Å². The van der Waals surface area contributed by atoms with Gasteiger partial charge in [-0.1, -0.05) is 31.2 Å². The Morgan fingerprint density at radius 1 is 1.11 bits per heavy atom. The van der Waals surface area contributed by atoms with Crippen LogP contribution in [0.5, 0.6) is 0 Å². The monoisotopic (exact) mass is 395 g/mol. The van der Waals surface area contributed by atoms with Crippen LogP contribution in [-0.4, -0.2) is 29.1 Å². The van der Waals surface area contributed by atoms with Crippen molar-refractivity contribution in [3.63, 3.8) is 0 Å². The number of hydrogen-bond donors (Lipinski definition) is 2. The van der Waals surface area contributed by atoms with E-state index in [0.717, 1.165) is 47.2 Å². The van der Waals surface area contributed by atoms with Gasteiger partial charge < -0.3 is 15.3 Å². The van der Waals surface area contributed by atoms with Crippen LogP contribution in [-0.2, 0) is 11.2 Å². The number of rotatable bonds is 9. The van der Waals surface area contributed by atoms with Gasteiger partial charge in [-0.25, -0.2) is 4.98 Å². The number of anilines is 3. The minimum atomic E-state index is -0.826. The summed E-state index contributed by atoms with van der Waals surface area (Å²) in [7, 11) is 0. The molecule has 0 atom stereocenters. The number of hydrogen-bond acceptors (Lipinski definition) is 5. The standard InChI is InChI=1S/C22H25N3O2S/c1-3-13-25(4-2)19-11-7-17(8-12-19)20-15-28-22(24-20)23-18-9-5-16(6-10-18)14-21(26)27/h5-12,15H,3-4,13-14H2,1-2H3,(H,23,24)(H,26,27). The van der Waals surface area contributed by atoms with Gasteiger partial charge in [0.1, 0.15) is 0 Å². The molecular weight excluding hydrogens is 370 g/mol. The number of carboxylic acids is 1. The fourth-order valence-electron chi connectivity index (χ4n) is 3.05. The Kier molecular flexibility index (Phi) is 6.66. The van der Waals surface area contributed by atoms with E-state index in [9.17, 15) is 4.79 Å². The van der Waals surface area contributed by atoms with Crippen molar-refractivity contribution >= 4 is 33.8 Å². The molecule has 0 aliphatic rings. The highest BCUT2D eigenvalue weighted by atomic mass is 32.1. The van der Waals surface area contributed by atoms with E-state index in [1.807, 2.05) is 29.6 Å². The highest BCUT2D eigenvalue weighted by Crippen LogP contribution is 2.28. The van der Waals surface area contributed by atoms with Crippen molar-refractivity contribution in [2.45, 2.75) is 26.7 Å². The summed E-state index contributed by atoms with van der Waals surface area (Å²) in [5.41, 5.74) is 4.95. The number of aromatic nitrogens is 1. The molecule has 1 heterocycles. The summed E-state index contributed by atoms with van der Waals surface area (Å²) in [6.07, 6.45) is 1.17. The summed E-state index contributed by atoms with van der Waals surface area (Å²) in [5, 5.41) is 15.0. The van der Waals surface area contributed by atoms with Crippen LogP contribution in [0.25, 0.3) is 11.3 Å². The van der Waals surface area contributed by atoms with Gasteiger partial charge in [-0.3, -0.25) is 4.79 Å². The summed E-state index contributed by atoms with van der Waals surface area (Å²) < 4.78 is 0. The number of thiazole rings is 1. The topological polar surface area (TPSA) is 65.5 Å². The van der Waals surface area contributed by atoms with E-state index in [4.69, 9.17) is 5.11 Å². The molecule has 0 spiro atoms. The van der Waals surface area contributed by atoms with E-state index >= 15 is 0 Å². The third kappa shape index (κ3) is 5.10. The van der Waals surface area contributed by atoms with Gasteiger partial charge in [-0.05, 0) is 43.2 Å². The highest BCUT2D eigenvalue weighted by molar-refractivity contribution is 7.14. The largest absolute Gasteiger partial charge is 0.481 e. The molecule has 6 heteroatoms. The first-order valence-corrected chi connectivity index (χ1v) is 10.4. The summed E-state index contributed by atoms with van der Waals surface area (Å²) in [6.45, 7) is 6.44. The van der Waals surface area contributed by atoms with Crippen LogP contribution < -0.4 is 10.2 Å². The highest BCUT2D eigenvalue weighted by Gasteiger charge is 2.08. The lowest BCUT2D eigenvalue weighted by Crippen LogP contribution is -2.23. The molecule has 0 amide bonds. The quantitative estimate of drug-likeness (QED) is 0.507. The molecule has 0 bridgehead atoms. The Bertz CT molecular complexity index is 904. The lowest BCUT2D eigenvalue weighted by atomic mass is 10.1. The van der Waals surface area contributed by atoms with Crippen LogP contribution in [0.1, 0.15) is 25.8 Å². The number of benzene rings is 2. The first-order chi connectivity index (χ1) is 13.6. The SMILES string of the molecule is CCCN(CC)c1ccc(-c2csc(Nc3ccc(CC(=O)O)cc3)n2)cc1.